The van der Waals surface area contributed by atoms with E-state index in [4.69, 9.17) is 4.74 Å². The van der Waals surface area contributed by atoms with Crippen LogP contribution in [0.3, 0.4) is 0 Å². The van der Waals surface area contributed by atoms with Crippen molar-refractivity contribution >= 4 is 5.91 Å². The van der Waals surface area contributed by atoms with Gasteiger partial charge < -0.3 is 15.4 Å². The van der Waals surface area contributed by atoms with Crippen molar-refractivity contribution in [3.05, 3.63) is 29.3 Å². The van der Waals surface area contributed by atoms with E-state index in [1.165, 1.54) is 11.1 Å². The van der Waals surface area contributed by atoms with Crippen LogP contribution in [0, 0.1) is 0 Å². The molecule has 0 saturated heterocycles. The van der Waals surface area contributed by atoms with Crippen LogP contribution in [-0.2, 0) is 17.6 Å². The highest BCUT2D eigenvalue weighted by molar-refractivity contribution is 5.85. The first-order chi connectivity index (χ1) is 9.03. The zero-order valence-electron chi connectivity index (χ0n) is 11.9. The number of rotatable bonds is 5. The van der Waals surface area contributed by atoms with Gasteiger partial charge in [-0.2, -0.15) is 0 Å². The lowest BCUT2D eigenvalue weighted by Gasteiger charge is -2.22. The Labute approximate surface area is 114 Å². The van der Waals surface area contributed by atoms with Gasteiger partial charge in [0.05, 0.1) is 12.1 Å². The van der Waals surface area contributed by atoms with Gasteiger partial charge in [-0.15, -0.1) is 0 Å². The molecule has 4 heteroatoms. The Morgan fingerprint density at radius 2 is 2.21 bits per heavy atom. The second-order valence-electron chi connectivity index (χ2n) is 5.42. The number of benzene rings is 1. The monoisotopic (exact) mass is 262 g/mol. The van der Waals surface area contributed by atoms with E-state index in [9.17, 15) is 4.79 Å². The number of hydrogen-bond donors (Lipinski definition) is 2. The normalized spacial score (nSPS) is 13.8. The molecule has 1 amide bonds. The first kappa shape index (κ1) is 13.9. The molecule has 0 spiro atoms. The molecule has 1 aliphatic rings. The molecule has 2 N–H and O–H groups in total. The van der Waals surface area contributed by atoms with Gasteiger partial charge in [0.1, 0.15) is 5.75 Å². The van der Waals surface area contributed by atoms with Gasteiger partial charge in [-0.25, -0.2) is 0 Å². The predicted molar refractivity (Wildman–Crippen MR) is 75.5 cm³/mol. The molecule has 0 radical (unpaired) electrons. The van der Waals surface area contributed by atoms with Gasteiger partial charge in [0.15, 0.2) is 0 Å². The van der Waals surface area contributed by atoms with Crippen molar-refractivity contribution in [2.24, 2.45) is 0 Å². The molecule has 1 heterocycles. The van der Waals surface area contributed by atoms with Gasteiger partial charge >= 0.3 is 0 Å². The van der Waals surface area contributed by atoms with Gasteiger partial charge in [0.25, 0.3) is 0 Å². The molecular weight excluding hydrogens is 240 g/mol. The van der Waals surface area contributed by atoms with E-state index in [2.05, 4.69) is 22.8 Å². The van der Waals surface area contributed by atoms with Crippen LogP contribution in [0.5, 0.6) is 5.75 Å². The fourth-order valence-corrected chi connectivity index (χ4v) is 2.05. The Hall–Kier alpha value is -1.55. The first-order valence-corrected chi connectivity index (χ1v) is 6.75. The summed E-state index contributed by atoms with van der Waals surface area (Å²) in [7, 11) is 1.79. The topological polar surface area (TPSA) is 50.4 Å². The van der Waals surface area contributed by atoms with Crippen LogP contribution in [0.1, 0.15) is 25.0 Å². The molecule has 2 rings (SSSR count). The lowest BCUT2D eigenvalue weighted by Crippen LogP contribution is -2.51. The van der Waals surface area contributed by atoms with E-state index >= 15 is 0 Å². The summed E-state index contributed by atoms with van der Waals surface area (Å²) in [5.74, 6) is 1.03. The molecule has 0 unspecified atom stereocenters. The Kier molecular flexibility index (Phi) is 4.10. The van der Waals surface area contributed by atoms with Crippen LogP contribution in [0.15, 0.2) is 18.2 Å². The van der Waals surface area contributed by atoms with E-state index < -0.39 is 5.54 Å². The summed E-state index contributed by atoms with van der Waals surface area (Å²) in [6, 6.07) is 6.27. The van der Waals surface area contributed by atoms with Crippen LogP contribution >= 0.6 is 0 Å². The standard InChI is InChI=1S/C15H22N2O2/c1-15(2,16-3)14(18)17-8-6-11-4-5-13-12(10-11)7-9-19-13/h4-5,10,16H,6-9H2,1-3H3,(H,17,18). The number of carbonyl (C=O) groups excluding carboxylic acids is 1. The van der Waals surface area contributed by atoms with Crippen LogP contribution in [-0.4, -0.2) is 31.6 Å². The highest BCUT2D eigenvalue weighted by atomic mass is 16.5. The van der Waals surface area contributed by atoms with Gasteiger partial charge in [0.2, 0.25) is 5.91 Å². The average Bonchev–Trinajstić information content (AvgIpc) is 2.86. The third-order valence-electron chi connectivity index (χ3n) is 3.65. The zero-order valence-corrected chi connectivity index (χ0v) is 11.9. The fraction of sp³-hybridized carbons (Fsp3) is 0.533. The molecule has 19 heavy (non-hydrogen) atoms. The maximum atomic E-state index is 11.9. The van der Waals surface area contributed by atoms with E-state index in [0.29, 0.717) is 6.54 Å². The van der Waals surface area contributed by atoms with Crippen LogP contribution in [0.2, 0.25) is 0 Å². The largest absolute Gasteiger partial charge is 0.493 e. The Bertz CT molecular complexity index is 469. The molecule has 0 aromatic heterocycles. The summed E-state index contributed by atoms with van der Waals surface area (Å²) in [4.78, 5) is 11.9. The molecule has 0 saturated carbocycles. The highest BCUT2D eigenvalue weighted by Crippen LogP contribution is 2.25. The summed E-state index contributed by atoms with van der Waals surface area (Å²) in [6.07, 6.45) is 1.83. The molecule has 0 fully saturated rings. The second-order valence-corrected chi connectivity index (χ2v) is 5.42. The Balaban J connectivity index is 1.85. The average molecular weight is 262 g/mol. The third-order valence-corrected chi connectivity index (χ3v) is 3.65. The predicted octanol–water partition coefficient (Wildman–Crippen LogP) is 1.28. The third kappa shape index (κ3) is 3.26. The van der Waals surface area contributed by atoms with Gasteiger partial charge in [-0.1, -0.05) is 12.1 Å². The molecule has 104 valence electrons. The van der Waals surface area contributed by atoms with Crippen LogP contribution in [0.25, 0.3) is 0 Å². The summed E-state index contributed by atoms with van der Waals surface area (Å²) in [6.45, 7) is 5.18. The Morgan fingerprint density at radius 3 is 2.95 bits per heavy atom. The van der Waals surface area contributed by atoms with Crippen molar-refractivity contribution in [2.45, 2.75) is 32.2 Å². The van der Waals surface area contributed by atoms with Crippen molar-refractivity contribution in [1.82, 2.24) is 10.6 Å². The smallest absolute Gasteiger partial charge is 0.239 e. The van der Waals surface area contributed by atoms with Gasteiger partial charge in [-0.3, -0.25) is 4.79 Å². The second kappa shape index (κ2) is 5.61. The molecule has 1 aromatic carbocycles. The molecule has 0 aliphatic carbocycles. The molecule has 1 aliphatic heterocycles. The summed E-state index contributed by atoms with van der Waals surface area (Å²) >= 11 is 0. The minimum atomic E-state index is -0.522. The summed E-state index contributed by atoms with van der Waals surface area (Å²) in [5, 5.41) is 5.95. The molecule has 1 aromatic rings. The van der Waals surface area contributed by atoms with E-state index in [1.54, 1.807) is 7.05 Å². The lowest BCUT2D eigenvalue weighted by molar-refractivity contribution is -0.126. The van der Waals surface area contributed by atoms with Crippen molar-refractivity contribution in [2.75, 3.05) is 20.2 Å². The van der Waals surface area contributed by atoms with Crippen LogP contribution < -0.4 is 15.4 Å². The minimum absolute atomic E-state index is 0.0273. The van der Waals surface area contributed by atoms with E-state index in [1.807, 2.05) is 19.9 Å². The van der Waals surface area contributed by atoms with Crippen molar-refractivity contribution in [3.63, 3.8) is 0 Å². The first-order valence-electron chi connectivity index (χ1n) is 6.75. The van der Waals surface area contributed by atoms with E-state index in [0.717, 1.165) is 25.2 Å². The van der Waals surface area contributed by atoms with Crippen molar-refractivity contribution in [1.29, 1.82) is 0 Å². The Morgan fingerprint density at radius 1 is 1.42 bits per heavy atom. The number of fused-ring (bicyclic) bond motifs is 1. The number of hydrogen-bond acceptors (Lipinski definition) is 3. The van der Waals surface area contributed by atoms with Crippen LogP contribution in [0.4, 0.5) is 0 Å². The van der Waals surface area contributed by atoms with Crippen molar-refractivity contribution in [3.8, 4) is 5.75 Å². The minimum Gasteiger partial charge on any atom is -0.493 e. The van der Waals surface area contributed by atoms with E-state index in [-0.39, 0.29) is 5.91 Å². The quantitative estimate of drug-likeness (QED) is 0.840. The number of carbonyl (C=O) groups is 1. The van der Waals surface area contributed by atoms with Crippen molar-refractivity contribution < 1.29 is 9.53 Å². The maximum absolute atomic E-state index is 11.9. The molecule has 4 nitrogen and oxygen atoms in total. The van der Waals surface area contributed by atoms with Gasteiger partial charge in [0, 0.05) is 13.0 Å². The molecular formula is C15H22N2O2. The number of likely N-dealkylation sites (N-methyl/N-ethyl adjacent to an activating group) is 1. The number of amides is 1. The molecule has 0 atom stereocenters. The van der Waals surface area contributed by atoms with Gasteiger partial charge in [-0.05, 0) is 44.5 Å². The highest BCUT2D eigenvalue weighted by Gasteiger charge is 2.24. The zero-order chi connectivity index (χ0) is 13.9. The fourth-order valence-electron chi connectivity index (χ4n) is 2.05. The summed E-state index contributed by atoms with van der Waals surface area (Å²) in [5.41, 5.74) is 2.00. The summed E-state index contributed by atoms with van der Waals surface area (Å²) < 4.78 is 5.48. The lowest BCUT2D eigenvalue weighted by atomic mass is 10.0. The number of ether oxygens (including phenoxy) is 1. The maximum Gasteiger partial charge on any atom is 0.239 e. The molecule has 0 bridgehead atoms. The SMILES string of the molecule is CNC(C)(C)C(=O)NCCc1ccc2c(c1)CCO2. The number of nitrogens with one attached hydrogen (secondary N) is 2.